The smallest absolute Gasteiger partial charge is 0.166 e. The van der Waals surface area contributed by atoms with E-state index in [4.69, 9.17) is 0 Å². The number of rotatable bonds is 5. The monoisotopic (exact) mass is 726 g/mol. The van der Waals surface area contributed by atoms with Crippen molar-refractivity contribution in [2.45, 2.75) is 109 Å². The highest BCUT2D eigenvalue weighted by atomic mass is 19.4. The molecule has 2 fully saturated rings. The van der Waals surface area contributed by atoms with Crippen LogP contribution in [0, 0.1) is 35.5 Å². The summed E-state index contributed by atoms with van der Waals surface area (Å²) in [6.07, 6.45) is 3.47. The third-order valence-electron chi connectivity index (χ3n) is 10.6. The Hall–Kier alpha value is -4.42. The van der Waals surface area contributed by atoms with Gasteiger partial charge in [-0.05, 0) is 147 Å². The fraction of sp³-hybridized carbons (Fsp3) is 0.404. The second kappa shape index (κ2) is 18.6. The fourth-order valence-electron chi connectivity index (χ4n) is 7.27. The van der Waals surface area contributed by atoms with Crippen molar-refractivity contribution in [2.75, 3.05) is 0 Å². The molecule has 0 heterocycles. The van der Waals surface area contributed by atoms with Crippen LogP contribution >= 0.6 is 0 Å². The van der Waals surface area contributed by atoms with Gasteiger partial charge < -0.3 is 0 Å². The summed E-state index contributed by atoms with van der Waals surface area (Å²) >= 11 is 0. The molecule has 6 rings (SSSR count). The van der Waals surface area contributed by atoms with Crippen molar-refractivity contribution in [2.24, 2.45) is 11.8 Å². The number of halogens is 6. The van der Waals surface area contributed by atoms with Gasteiger partial charge in [-0.3, -0.25) is 0 Å². The molecule has 0 amide bonds. The molecular formula is C47H48F6. The molecule has 0 atom stereocenters. The second-order valence-corrected chi connectivity index (χ2v) is 14.4. The Balaban J connectivity index is 0.000000204. The standard InChI is InChI=1S/C24H25F3.C23H23F3/c1-2-3-18-6-12-21(13-7-18)22-14-8-19(9-15-22)4-5-20-10-16-23(17-11-20)24(25,26)27;1-2-17-5-11-20(12-6-17)21-13-7-18(8-14-21)3-4-19-9-15-22(16-10-19)23(24,25)26/h6-7,10-13,16-17,19,22H,2-3,8-9,14-15H2,1H3;5-6,9-12,15-16,18,21H,2,7-8,13-14H2,1H3. The van der Waals surface area contributed by atoms with Crippen molar-refractivity contribution in [1.29, 1.82) is 0 Å². The minimum absolute atomic E-state index is 0.336. The molecule has 0 N–H and O–H groups in total. The lowest BCUT2D eigenvalue weighted by atomic mass is 9.78. The number of hydrogen-bond donors (Lipinski definition) is 0. The van der Waals surface area contributed by atoms with Crippen LogP contribution in [-0.2, 0) is 25.2 Å². The number of alkyl halides is 6. The van der Waals surface area contributed by atoms with Gasteiger partial charge in [0, 0.05) is 23.0 Å². The fourth-order valence-corrected chi connectivity index (χ4v) is 7.27. The maximum Gasteiger partial charge on any atom is 0.416 e. The molecule has 0 aromatic heterocycles. The van der Waals surface area contributed by atoms with E-state index in [0.29, 0.717) is 34.8 Å². The summed E-state index contributed by atoms with van der Waals surface area (Å²) in [4.78, 5) is 0. The first kappa shape index (κ1) is 39.8. The van der Waals surface area contributed by atoms with Gasteiger partial charge in [0.25, 0.3) is 0 Å². The first-order valence-corrected chi connectivity index (χ1v) is 19.0. The number of aryl methyl sites for hydroxylation is 2. The molecule has 0 bridgehead atoms. The molecule has 4 aromatic carbocycles. The van der Waals surface area contributed by atoms with E-state index in [-0.39, 0.29) is 0 Å². The van der Waals surface area contributed by atoms with Crippen molar-refractivity contribution in [3.8, 4) is 23.7 Å². The van der Waals surface area contributed by atoms with Gasteiger partial charge in [-0.1, -0.05) is 92.5 Å². The summed E-state index contributed by atoms with van der Waals surface area (Å²) in [5, 5.41) is 0. The Morgan fingerprint density at radius 1 is 0.472 bits per heavy atom. The highest BCUT2D eigenvalue weighted by molar-refractivity contribution is 5.39. The maximum absolute atomic E-state index is 12.6. The van der Waals surface area contributed by atoms with Crippen LogP contribution in [0.4, 0.5) is 26.3 Å². The molecular weight excluding hydrogens is 679 g/mol. The Bertz CT molecular complexity index is 1830. The third-order valence-corrected chi connectivity index (χ3v) is 10.6. The lowest BCUT2D eigenvalue weighted by Crippen LogP contribution is -2.12. The molecule has 0 spiro atoms. The lowest BCUT2D eigenvalue weighted by molar-refractivity contribution is -0.138. The Morgan fingerprint density at radius 2 is 0.830 bits per heavy atom. The molecule has 6 heteroatoms. The number of hydrogen-bond acceptors (Lipinski definition) is 0. The average Bonchev–Trinajstić information content (AvgIpc) is 3.17. The topological polar surface area (TPSA) is 0 Å². The SMILES string of the molecule is CCCc1ccc(C2CCC(C#Cc3ccc(C(F)(F)F)cc3)CC2)cc1.CCc1ccc(C2CCC(C#Cc3ccc(C(F)(F)F)cc3)CC2)cc1. The van der Waals surface area contributed by atoms with Crippen molar-refractivity contribution in [1.82, 2.24) is 0 Å². The maximum atomic E-state index is 12.6. The molecule has 0 aliphatic heterocycles. The average molecular weight is 727 g/mol. The zero-order valence-electron chi connectivity index (χ0n) is 30.6. The van der Waals surface area contributed by atoms with Crippen LogP contribution in [0.1, 0.15) is 128 Å². The van der Waals surface area contributed by atoms with E-state index >= 15 is 0 Å². The van der Waals surface area contributed by atoms with Gasteiger partial charge in [-0.15, -0.1) is 0 Å². The molecule has 2 aliphatic rings. The van der Waals surface area contributed by atoms with Gasteiger partial charge in [-0.2, -0.15) is 26.3 Å². The predicted octanol–water partition coefficient (Wildman–Crippen LogP) is 13.6. The van der Waals surface area contributed by atoms with Crippen LogP contribution in [0.2, 0.25) is 0 Å². The van der Waals surface area contributed by atoms with E-state index in [2.05, 4.69) is 86.1 Å². The van der Waals surface area contributed by atoms with Gasteiger partial charge in [0.2, 0.25) is 0 Å². The summed E-state index contributed by atoms with van der Waals surface area (Å²) in [6.45, 7) is 4.36. The Morgan fingerprint density at radius 3 is 1.15 bits per heavy atom. The third kappa shape index (κ3) is 12.0. The van der Waals surface area contributed by atoms with Crippen LogP contribution in [-0.4, -0.2) is 0 Å². The molecule has 2 saturated carbocycles. The Labute approximate surface area is 311 Å². The van der Waals surface area contributed by atoms with Gasteiger partial charge in [0.1, 0.15) is 0 Å². The van der Waals surface area contributed by atoms with Crippen molar-refractivity contribution in [3.63, 3.8) is 0 Å². The molecule has 0 saturated heterocycles. The highest BCUT2D eigenvalue weighted by Gasteiger charge is 2.31. The van der Waals surface area contributed by atoms with Crippen LogP contribution in [0.5, 0.6) is 0 Å². The molecule has 278 valence electrons. The molecule has 0 unspecified atom stereocenters. The second-order valence-electron chi connectivity index (χ2n) is 14.4. The van der Waals surface area contributed by atoms with E-state index < -0.39 is 23.5 Å². The summed E-state index contributed by atoms with van der Waals surface area (Å²) in [6, 6.07) is 28.2. The summed E-state index contributed by atoms with van der Waals surface area (Å²) in [5.41, 5.74) is 5.64. The van der Waals surface area contributed by atoms with Crippen molar-refractivity contribution in [3.05, 3.63) is 142 Å². The normalized spacial score (nSPS) is 20.2. The largest absolute Gasteiger partial charge is 0.416 e. The first-order chi connectivity index (χ1) is 25.4. The lowest BCUT2D eigenvalue weighted by Gasteiger charge is -2.26. The van der Waals surface area contributed by atoms with E-state index in [1.807, 2.05) is 0 Å². The Kier molecular flexibility index (Phi) is 13.9. The molecule has 0 radical (unpaired) electrons. The molecule has 53 heavy (non-hydrogen) atoms. The molecule has 0 nitrogen and oxygen atoms in total. The summed E-state index contributed by atoms with van der Waals surface area (Å²) < 4.78 is 75.5. The summed E-state index contributed by atoms with van der Waals surface area (Å²) in [5.74, 6) is 14.5. The molecule has 4 aromatic rings. The van der Waals surface area contributed by atoms with Crippen LogP contribution < -0.4 is 0 Å². The van der Waals surface area contributed by atoms with Crippen LogP contribution in [0.15, 0.2) is 97.1 Å². The zero-order valence-corrected chi connectivity index (χ0v) is 30.6. The quantitative estimate of drug-likeness (QED) is 0.142. The van der Waals surface area contributed by atoms with Crippen molar-refractivity contribution >= 4 is 0 Å². The van der Waals surface area contributed by atoms with Gasteiger partial charge in [0.15, 0.2) is 0 Å². The van der Waals surface area contributed by atoms with E-state index in [0.717, 1.165) is 88.5 Å². The van der Waals surface area contributed by atoms with Crippen LogP contribution in [0.25, 0.3) is 0 Å². The predicted molar refractivity (Wildman–Crippen MR) is 202 cm³/mol. The van der Waals surface area contributed by atoms with Crippen LogP contribution in [0.3, 0.4) is 0 Å². The highest BCUT2D eigenvalue weighted by Crippen LogP contribution is 2.37. The minimum atomic E-state index is -4.29. The zero-order chi connectivity index (χ0) is 37.8. The van der Waals surface area contributed by atoms with Gasteiger partial charge in [-0.25, -0.2) is 0 Å². The van der Waals surface area contributed by atoms with Gasteiger partial charge in [0.05, 0.1) is 11.1 Å². The minimum Gasteiger partial charge on any atom is -0.166 e. The summed E-state index contributed by atoms with van der Waals surface area (Å²) in [7, 11) is 0. The first-order valence-electron chi connectivity index (χ1n) is 19.0. The molecule has 2 aliphatic carbocycles. The van der Waals surface area contributed by atoms with Crippen molar-refractivity contribution < 1.29 is 26.3 Å². The number of benzene rings is 4. The van der Waals surface area contributed by atoms with E-state index in [9.17, 15) is 26.3 Å². The van der Waals surface area contributed by atoms with E-state index in [1.165, 1.54) is 52.9 Å². The van der Waals surface area contributed by atoms with Gasteiger partial charge >= 0.3 is 12.4 Å². The van der Waals surface area contributed by atoms with E-state index in [1.54, 1.807) is 0 Å².